The monoisotopic (exact) mass is 275 g/mol. The molecule has 0 aliphatic heterocycles. The molecule has 2 aromatic rings. The molecule has 0 amide bonds. The maximum absolute atomic E-state index is 9.73. The molecule has 1 fully saturated rings. The van der Waals surface area contributed by atoms with Gasteiger partial charge < -0.3 is 10.4 Å². The van der Waals surface area contributed by atoms with Gasteiger partial charge >= 0.3 is 0 Å². The summed E-state index contributed by atoms with van der Waals surface area (Å²) in [6.45, 7) is 0.178. The summed E-state index contributed by atoms with van der Waals surface area (Å²) in [4.78, 5) is 0. The summed E-state index contributed by atoms with van der Waals surface area (Å²) in [5.74, 6) is 0. The van der Waals surface area contributed by atoms with E-state index in [1.54, 1.807) is 11.3 Å². The van der Waals surface area contributed by atoms with E-state index in [0.717, 1.165) is 0 Å². The van der Waals surface area contributed by atoms with Crippen molar-refractivity contribution in [1.82, 2.24) is 5.32 Å². The quantitative estimate of drug-likeness (QED) is 0.888. The zero-order chi connectivity index (χ0) is 13.1. The summed E-state index contributed by atoms with van der Waals surface area (Å²) in [6.07, 6.45) is 6.50. The van der Waals surface area contributed by atoms with Crippen molar-refractivity contribution in [3.8, 4) is 0 Å². The number of thiophene rings is 1. The maximum atomic E-state index is 9.73. The van der Waals surface area contributed by atoms with E-state index < -0.39 is 0 Å². The van der Waals surface area contributed by atoms with E-state index in [9.17, 15) is 5.11 Å². The van der Waals surface area contributed by atoms with Crippen molar-refractivity contribution in [2.75, 3.05) is 6.61 Å². The van der Waals surface area contributed by atoms with Crippen molar-refractivity contribution in [2.24, 2.45) is 0 Å². The standard InChI is InChI=1S/C16H21NOS/c18-10-15(17-12-6-2-1-3-7-12)14-11-19-16-9-5-4-8-13(14)16/h4-5,8-9,11-12,15,17-18H,1-3,6-7,10H2. The Labute approximate surface area is 118 Å². The second-order valence-corrected chi connectivity index (χ2v) is 6.34. The van der Waals surface area contributed by atoms with Gasteiger partial charge in [-0.05, 0) is 35.2 Å². The van der Waals surface area contributed by atoms with E-state index in [0.29, 0.717) is 6.04 Å². The Morgan fingerprint density at radius 3 is 2.79 bits per heavy atom. The predicted molar refractivity (Wildman–Crippen MR) is 81.7 cm³/mol. The highest BCUT2D eigenvalue weighted by atomic mass is 32.1. The van der Waals surface area contributed by atoms with Crippen LogP contribution < -0.4 is 5.32 Å². The highest BCUT2D eigenvalue weighted by Gasteiger charge is 2.20. The van der Waals surface area contributed by atoms with Crippen LogP contribution in [0.2, 0.25) is 0 Å². The molecule has 1 aliphatic carbocycles. The zero-order valence-electron chi connectivity index (χ0n) is 11.1. The summed E-state index contributed by atoms with van der Waals surface area (Å²) < 4.78 is 1.31. The van der Waals surface area contributed by atoms with Crippen molar-refractivity contribution in [1.29, 1.82) is 0 Å². The lowest BCUT2D eigenvalue weighted by Gasteiger charge is -2.27. The molecule has 19 heavy (non-hydrogen) atoms. The molecule has 1 unspecified atom stereocenters. The lowest BCUT2D eigenvalue weighted by molar-refractivity contribution is 0.221. The van der Waals surface area contributed by atoms with E-state index >= 15 is 0 Å². The van der Waals surface area contributed by atoms with Crippen LogP contribution in [0.1, 0.15) is 43.7 Å². The first kappa shape index (κ1) is 13.1. The molecule has 0 spiro atoms. The fraction of sp³-hybridized carbons (Fsp3) is 0.500. The van der Waals surface area contributed by atoms with Crippen LogP contribution in [-0.2, 0) is 0 Å². The van der Waals surface area contributed by atoms with Crippen LogP contribution >= 0.6 is 11.3 Å². The summed E-state index contributed by atoms with van der Waals surface area (Å²) in [6, 6.07) is 9.12. The molecule has 1 aromatic heterocycles. The van der Waals surface area contributed by atoms with Crippen molar-refractivity contribution >= 4 is 21.4 Å². The van der Waals surface area contributed by atoms with Crippen LogP contribution in [-0.4, -0.2) is 17.8 Å². The van der Waals surface area contributed by atoms with Crippen LogP contribution in [0.3, 0.4) is 0 Å². The smallest absolute Gasteiger partial charge is 0.0627 e. The first-order valence-electron chi connectivity index (χ1n) is 7.21. The highest BCUT2D eigenvalue weighted by molar-refractivity contribution is 7.17. The number of nitrogens with one attached hydrogen (secondary N) is 1. The number of fused-ring (bicyclic) bond motifs is 1. The first-order chi connectivity index (χ1) is 9.38. The number of rotatable bonds is 4. The summed E-state index contributed by atoms with van der Waals surface area (Å²) in [7, 11) is 0. The normalized spacial score (nSPS) is 18.8. The molecule has 1 aliphatic rings. The van der Waals surface area contributed by atoms with Crippen LogP contribution in [0.25, 0.3) is 10.1 Å². The largest absolute Gasteiger partial charge is 0.394 e. The highest BCUT2D eigenvalue weighted by Crippen LogP contribution is 2.31. The first-order valence-corrected chi connectivity index (χ1v) is 8.09. The van der Waals surface area contributed by atoms with Gasteiger partial charge in [0.1, 0.15) is 0 Å². The van der Waals surface area contributed by atoms with E-state index in [1.165, 1.54) is 47.8 Å². The van der Waals surface area contributed by atoms with Gasteiger partial charge in [0.2, 0.25) is 0 Å². The molecular formula is C16H21NOS. The summed E-state index contributed by atoms with van der Waals surface area (Å²) >= 11 is 1.77. The number of hydrogen-bond acceptors (Lipinski definition) is 3. The third-order valence-corrected chi connectivity index (χ3v) is 5.09. The maximum Gasteiger partial charge on any atom is 0.0627 e. The molecule has 2 N–H and O–H groups in total. The van der Waals surface area contributed by atoms with Gasteiger partial charge in [-0.25, -0.2) is 0 Å². The average Bonchev–Trinajstić information content (AvgIpc) is 2.90. The van der Waals surface area contributed by atoms with Crippen molar-refractivity contribution in [3.05, 3.63) is 35.2 Å². The minimum Gasteiger partial charge on any atom is -0.394 e. The number of aliphatic hydroxyl groups is 1. The SMILES string of the molecule is OCC(NC1CCCCC1)c1csc2ccccc12. The molecule has 2 nitrogen and oxygen atoms in total. The second-order valence-electron chi connectivity index (χ2n) is 5.42. The molecular weight excluding hydrogens is 254 g/mol. The number of hydrogen-bond donors (Lipinski definition) is 2. The number of benzene rings is 1. The lowest BCUT2D eigenvalue weighted by atomic mass is 9.94. The van der Waals surface area contributed by atoms with Gasteiger partial charge in [0, 0.05) is 10.7 Å². The van der Waals surface area contributed by atoms with E-state index in [2.05, 4.69) is 35.0 Å². The third-order valence-electron chi connectivity index (χ3n) is 4.11. The van der Waals surface area contributed by atoms with E-state index in [1.807, 2.05) is 0 Å². The molecule has 1 heterocycles. The van der Waals surface area contributed by atoms with Crippen molar-refractivity contribution in [2.45, 2.75) is 44.2 Å². The van der Waals surface area contributed by atoms with Gasteiger partial charge in [-0.3, -0.25) is 0 Å². The van der Waals surface area contributed by atoms with Gasteiger partial charge in [-0.2, -0.15) is 0 Å². The Balaban J connectivity index is 1.81. The molecule has 102 valence electrons. The Morgan fingerprint density at radius 1 is 1.21 bits per heavy atom. The summed E-state index contributed by atoms with van der Waals surface area (Å²) in [5, 5.41) is 16.9. The molecule has 1 atom stereocenters. The molecule has 0 bridgehead atoms. The Kier molecular flexibility index (Phi) is 4.16. The second kappa shape index (κ2) is 6.04. The van der Waals surface area contributed by atoms with Crippen LogP contribution in [0.4, 0.5) is 0 Å². The minimum atomic E-state index is 0.0826. The van der Waals surface area contributed by atoms with Gasteiger partial charge in [0.05, 0.1) is 12.6 Å². The van der Waals surface area contributed by atoms with E-state index in [4.69, 9.17) is 0 Å². The average molecular weight is 275 g/mol. The van der Waals surface area contributed by atoms with Gasteiger partial charge in [0.15, 0.2) is 0 Å². The Bertz CT molecular complexity index is 530. The van der Waals surface area contributed by atoms with Crippen LogP contribution in [0.15, 0.2) is 29.6 Å². The fourth-order valence-corrected chi connectivity index (χ4v) is 4.08. The van der Waals surface area contributed by atoms with Crippen molar-refractivity contribution in [3.63, 3.8) is 0 Å². The topological polar surface area (TPSA) is 32.3 Å². The van der Waals surface area contributed by atoms with Crippen LogP contribution in [0, 0.1) is 0 Å². The van der Waals surface area contributed by atoms with Gasteiger partial charge in [-0.15, -0.1) is 11.3 Å². The zero-order valence-corrected chi connectivity index (χ0v) is 12.0. The number of aliphatic hydroxyl groups excluding tert-OH is 1. The van der Waals surface area contributed by atoms with Crippen molar-refractivity contribution < 1.29 is 5.11 Å². The lowest BCUT2D eigenvalue weighted by Crippen LogP contribution is -2.35. The molecule has 0 radical (unpaired) electrons. The molecule has 3 rings (SSSR count). The van der Waals surface area contributed by atoms with Crippen LogP contribution in [0.5, 0.6) is 0 Å². The molecule has 1 aromatic carbocycles. The minimum absolute atomic E-state index is 0.0826. The molecule has 3 heteroatoms. The van der Waals surface area contributed by atoms with Gasteiger partial charge in [-0.1, -0.05) is 37.5 Å². The Hall–Kier alpha value is -0.900. The fourth-order valence-electron chi connectivity index (χ4n) is 3.06. The molecule has 1 saturated carbocycles. The predicted octanol–water partition coefficient (Wildman–Crippen LogP) is 3.86. The Morgan fingerprint density at radius 2 is 2.00 bits per heavy atom. The third kappa shape index (κ3) is 2.83. The summed E-state index contributed by atoms with van der Waals surface area (Å²) in [5.41, 5.74) is 1.26. The molecule has 0 saturated heterocycles. The van der Waals surface area contributed by atoms with E-state index in [-0.39, 0.29) is 12.6 Å². The van der Waals surface area contributed by atoms with Gasteiger partial charge in [0.25, 0.3) is 0 Å².